The van der Waals surface area contributed by atoms with Crippen molar-refractivity contribution in [1.82, 2.24) is 0 Å². The zero-order valence-corrected chi connectivity index (χ0v) is 28.2. The molecule has 51 heavy (non-hydrogen) atoms. The number of fused-ring (bicyclic) bond motifs is 2. The van der Waals surface area contributed by atoms with E-state index in [-0.39, 0.29) is 0 Å². The molecular formula is C49H36N2. The minimum atomic E-state index is 0.900. The molecule has 0 spiro atoms. The maximum Gasteiger partial charge on any atom is 0.0497 e. The second-order valence-corrected chi connectivity index (χ2v) is 13.0. The van der Waals surface area contributed by atoms with Gasteiger partial charge in [-0.15, -0.1) is 0 Å². The van der Waals surface area contributed by atoms with E-state index in [0.29, 0.717) is 0 Å². The van der Waals surface area contributed by atoms with Crippen molar-refractivity contribution in [3.8, 4) is 33.4 Å². The van der Waals surface area contributed by atoms with E-state index in [0.717, 1.165) is 29.2 Å². The summed E-state index contributed by atoms with van der Waals surface area (Å²) in [6.07, 6.45) is 0.900. The molecule has 8 aromatic carbocycles. The number of hydrogen-bond acceptors (Lipinski definition) is 2. The molecule has 242 valence electrons. The molecule has 1 aliphatic heterocycles. The fraction of sp³-hybridized carbons (Fsp3) is 0.0204. The van der Waals surface area contributed by atoms with Crippen molar-refractivity contribution in [2.24, 2.45) is 0 Å². The van der Waals surface area contributed by atoms with E-state index in [1.54, 1.807) is 0 Å². The van der Waals surface area contributed by atoms with Gasteiger partial charge in [-0.2, -0.15) is 0 Å². The van der Waals surface area contributed by atoms with Crippen LogP contribution in [0.25, 0.3) is 33.4 Å². The SMILES string of the molecule is c1ccc(-c2ccc(N(c3ccccc3)c3ccc(-c4ccc5c(c4)Cc4ccccc4N5c4ccc(-c5ccccc5)cc4)cc3)cc2)cc1. The lowest BCUT2D eigenvalue weighted by atomic mass is 9.92. The third-order valence-electron chi connectivity index (χ3n) is 9.87. The molecule has 0 saturated heterocycles. The first kappa shape index (κ1) is 30.4. The quantitative estimate of drug-likeness (QED) is 0.169. The highest BCUT2D eigenvalue weighted by Crippen LogP contribution is 2.45. The Labute approximate surface area is 300 Å². The van der Waals surface area contributed by atoms with Crippen molar-refractivity contribution in [2.45, 2.75) is 6.42 Å². The van der Waals surface area contributed by atoms with Gasteiger partial charge in [0.1, 0.15) is 0 Å². The van der Waals surface area contributed by atoms with Gasteiger partial charge >= 0.3 is 0 Å². The molecule has 1 aliphatic rings. The first-order valence-electron chi connectivity index (χ1n) is 17.6. The molecule has 0 radical (unpaired) electrons. The van der Waals surface area contributed by atoms with E-state index in [1.165, 1.54) is 55.9 Å². The number of benzene rings is 8. The van der Waals surface area contributed by atoms with Gasteiger partial charge in [0.15, 0.2) is 0 Å². The van der Waals surface area contributed by atoms with Gasteiger partial charge < -0.3 is 9.80 Å². The van der Waals surface area contributed by atoms with Gasteiger partial charge in [-0.1, -0.05) is 140 Å². The first-order valence-corrected chi connectivity index (χ1v) is 17.6. The van der Waals surface area contributed by atoms with Crippen LogP contribution in [0.15, 0.2) is 206 Å². The second kappa shape index (κ2) is 13.3. The van der Waals surface area contributed by atoms with Gasteiger partial charge in [0.2, 0.25) is 0 Å². The van der Waals surface area contributed by atoms with Crippen molar-refractivity contribution < 1.29 is 0 Å². The van der Waals surface area contributed by atoms with Gasteiger partial charge in [0.25, 0.3) is 0 Å². The highest BCUT2D eigenvalue weighted by molar-refractivity contribution is 5.86. The molecule has 0 N–H and O–H groups in total. The Bertz CT molecular complexity index is 2400. The van der Waals surface area contributed by atoms with Crippen LogP contribution in [0.4, 0.5) is 34.1 Å². The number of anilines is 6. The summed E-state index contributed by atoms with van der Waals surface area (Å²) in [4.78, 5) is 4.74. The topological polar surface area (TPSA) is 6.48 Å². The van der Waals surface area contributed by atoms with E-state index in [4.69, 9.17) is 0 Å². The van der Waals surface area contributed by atoms with Crippen molar-refractivity contribution in [3.63, 3.8) is 0 Å². The normalized spacial score (nSPS) is 11.8. The Morgan fingerprint density at radius 1 is 0.314 bits per heavy atom. The molecule has 2 nitrogen and oxygen atoms in total. The summed E-state index contributed by atoms with van der Waals surface area (Å²) >= 11 is 0. The van der Waals surface area contributed by atoms with Gasteiger partial charge in [-0.05, 0) is 111 Å². The van der Waals surface area contributed by atoms with Crippen LogP contribution < -0.4 is 9.80 Å². The Balaban J connectivity index is 1.04. The number of nitrogens with zero attached hydrogens (tertiary/aromatic N) is 2. The number of rotatable bonds is 7. The van der Waals surface area contributed by atoms with E-state index >= 15 is 0 Å². The highest BCUT2D eigenvalue weighted by atomic mass is 15.2. The average molecular weight is 653 g/mol. The maximum absolute atomic E-state index is 2.41. The minimum absolute atomic E-state index is 0.900. The molecule has 0 unspecified atom stereocenters. The van der Waals surface area contributed by atoms with Crippen LogP contribution in [0.1, 0.15) is 11.1 Å². The van der Waals surface area contributed by atoms with Crippen LogP contribution in [-0.4, -0.2) is 0 Å². The average Bonchev–Trinajstić information content (AvgIpc) is 3.21. The Morgan fingerprint density at radius 3 is 1.31 bits per heavy atom. The molecule has 8 aromatic rings. The first-order chi connectivity index (χ1) is 25.3. The van der Waals surface area contributed by atoms with Crippen molar-refractivity contribution in [2.75, 3.05) is 9.80 Å². The lowest BCUT2D eigenvalue weighted by Crippen LogP contribution is -2.18. The van der Waals surface area contributed by atoms with Crippen LogP contribution >= 0.6 is 0 Å². The molecule has 0 atom stereocenters. The van der Waals surface area contributed by atoms with Crippen LogP contribution in [0.3, 0.4) is 0 Å². The number of hydrogen-bond donors (Lipinski definition) is 0. The summed E-state index contributed by atoms with van der Waals surface area (Å²) in [5.41, 5.74) is 17.0. The van der Waals surface area contributed by atoms with Gasteiger partial charge in [0.05, 0.1) is 0 Å². The standard InChI is InChI=1S/C49H36N2/c1-4-12-36(13-5-1)38-20-27-45(28-21-38)50(44-17-8-3-9-18-44)46-29-24-40(25-30-46)41-26-33-49-43(34-41)35-42-16-10-11-19-48(42)51(49)47-31-22-39(23-32-47)37-14-6-2-7-15-37/h1-34H,35H2. The summed E-state index contributed by atoms with van der Waals surface area (Å²) in [6, 6.07) is 74.2. The second-order valence-electron chi connectivity index (χ2n) is 13.0. The zero-order valence-electron chi connectivity index (χ0n) is 28.2. The van der Waals surface area contributed by atoms with Crippen molar-refractivity contribution in [1.29, 1.82) is 0 Å². The summed E-state index contributed by atoms with van der Waals surface area (Å²) in [5.74, 6) is 0. The summed E-state index contributed by atoms with van der Waals surface area (Å²) < 4.78 is 0. The minimum Gasteiger partial charge on any atom is -0.311 e. The van der Waals surface area contributed by atoms with E-state index < -0.39 is 0 Å². The molecule has 0 fully saturated rings. The lowest BCUT2D eigenvalue weighted by Gasteiger charge is -2.34. The van der Waals surface area contributed by atoms with Crippen molar-refractivity contribution in [3.05, 3.63) is 217 Å². The molecule has 9 rings (SSSR count). The summed E-state index contributed by atoms with van der Waals surface area (Å²) in [6.45, 7) is 0. The predicted molar refractivity (Wildman–Crippen MR) is 215 cm³/mol. The lowest BCUT2D eigenvalue weighted by molar-refractivity contribution is 1.09. The molecule has 0 aromatic heterocycles. The zero-order chi connectivity index (χ0) is 34.0. The van der Waals surface area contributed by atoms with Gasteiger partial charge in [-0.25, -0.2) is 0 Å². The molecule has 0 bridgehead atoms. The van der Waals surface area contributed by atoms with Gasteiger partial charge in [0, 0.05) is 40.5 Å². The Hall–Kier alpha value is -6.64. The molecule has 2 heteroatoms. The van der Waals surface area contributed by atoms with E-state index in [1.807, 2.05) is 0 Å². The predicted octanol–water partition coefficient (Wildman–Crippen LogP) is 13.5. The summed E-state index contributed by atoms with van der Waals surface area (Å²) in [7, 11) is 0. The fourth-order valence-corrected chi connectivity index (χ4v) is 7.31. The third kappa shape index (κ3) is 5.98. The third-order valence-corrected chi connectivity index (χ3v) is 9.87. The highest BCUT2D eigenvalue weighted by Gasteiger charge is 2.24. The maximum atomic E-state index is 2.41. The van der Waals surface area contributed by atoms with Crippen LogP contribution in [0.5, 0.6) is 0 Å². The molecule has 0 saturated carbocycles. The van der Waals surface area contributed by atoms with Crippen LogP contribution in [0, 0.1) is 0 Å². The largest absolute Gasteiger partial charge is 0.311 e. The molecule has 0 aliphatic carbocycles. The number of para-hydroxylation sites is 2. The fourth-order valence-electron chi connectivity index (χ4n) is 7.31. The molecule has 0 amide bonds. The Kier molecular flexibility index (Phi) is 7.96. The smallest absolute Gasteiger partial charge is 0.0497 e. The monoisotopic (exact) mass is 652 g/mol. The van der Waals surface area contributed by atoms with Crippen molar-refractivity contribution >= 4 is 34.1 Å². The van der Waals surface area contributed by atoms with Crippen LogP contribution in [-0.2, 0) is 6.42 Å². The van der Waals surface area contributed by atoms with Crippen LogP contribution in [0.2, 0.25) is 0 Å². The molecular weight excluding hydrogens is 617 g/mol. The Morgan fingerprint density at radius 2 is 0.725 bits per heavy atom. The van der Waals surface area contributed by atoms with E-state index in [9.17, 15) is 0 Å². The summed E-state index contributed by atoms with van der Waals surface area (Å²) in [5, 5.41) is 0. The molecule has 1 heterocycles. The van der Waals surface area contributed by atoms with E-state index in [2.05, 4.69) is 216 Å². The van der Waals surface area contributed by atoms with Gasteiger partial charge in [-0.3, -0.25) is 0 Å².